The molecule has 1 nitrogen and oxygen atoms in total. The van der Waals surface area contributed by atoms with Gasteiger partial charge in [-0.25, -0.2) is 0 Å². The molecule has 1 aromatic carbocycles. The molecule has 0 fully saturated rings. The predicted octanol–water partition coefficient (Wildman–Crippen LogP) is 3.38. The molecule has 0 saturated heterocycles. The highest BCUT2D eigenvalue weighted by atomic mass is 79.9. The molecule has 0 bridgehead atoms. The first-order chi connectivity index (χ1) is 5.24. The Labute approximate surface area is 79.4 Å². The second kappa shape index (κ2) is 3.98. The van der Waals surface area contributed by atoms with Crippen LogP contribution < -0.4 is 4.74 Å². The van der Waals surface area contributed by atoms with Crippen LogP contribution in [0.2, 0.25) is 5.02 Å². The van der Waals surface area contributed by atoms with Crippen LogP contribution in [0, 0.1) is 6.92 Å². The maximum atomic E-state index is 5.75. The van der Waals surface area contributed by atoms with Crippen LogP contribution in [0.5, 0.6) is 5.75 Å². The number of alkyl halides is 1. The summed E-state index contributed by atoms with van der Waals surface area (Å²) in [6.45, 7) is 1.96. The fraction of sp³-hybridized carbons (Fsp3) is 0.250. The first kappa shape index (κ1) is 8.88. The lowest BCUT2D eigenvalue weighted by Gasteiger charge is -2.04. The molecule has 0 aliphatic rings. The largest absolute Gasteiger partial charge is 0.482 e. The van der Waals surface area contributed by atoms with Gasteiger partial charge in [-0.15, -0.1) is 0 Å². The maximum absolute atomic E-state index is 5.75. The second-order valence-electron chi connectivity index (χ2n) is 2.16. The molecule has 1 rings (SSSR count). The molecule has 0 N–H and O–H groups in total. The molecule has 0 unspecified atom stereocenters. The molecular weight excluding hydrogens is 227 g/mol. The SMILES string of the molecule is Cc1cc(Cl)ccc1OCBr. The molecule has 0 aliphatic heterocycles. The van der Waals surface area contributed by atoms with E-state index in [1.54, 1.807) is 0 Å². The molecule has 1 aromatic rings. The summed E-state index contributed by atoms with van der Waals surface area (Å²) in [5.74, 6) is 0.867. The molecule has 0 radical (unpaired) electrons. The van der Waals surface area contributed by atoms with Gasteiger partial charge in [-0.2, -0.15) is 0 Å². The van der Waals surface area contributed by atoms with Crippen molar-refractivity contribution in [3.05, 3.63) is 28.8 Å². The van der Waals surface area contributed by atoms with Crippen LogP contribution in [-0.4, -0.2) is 5.52 Å². The topological polar surface area (TPSA) is 9.23 Å². The fourth-order valence-electron chi connectivity index (χ4n) is 0.834. The van der Waals surface area contributed by atoms with Crippen LogP contribution >= 0.6 is 27.5 Å². The third kappa shape index (κ3) is 2.38. The van der Waals surface area contributed by atoms with E-state index in [0.717, 1.165) is 16.3 Å². The normalized spacial score (nSPS) is 9.73. The molecule has 0 amide bonds. The summed E-state index contributed by atoms with van der Waals surface area (Å²) >= 11 is 8.93. The Hall–Kier alpha value is -0.210. The number of ether oxygens (including phenoxy) is 1. The molecule has 0 aliphatic carbocycles. The van der Waals surface area contributed by atoms with Gasteiger partial charge < -0.3 is 4.74 Å². The van der Waals surface area contributed by atoms with E-state index in [2.05, 4.69) is 15.9 Å². The lowest BCUT2D eigenvalue weighted by atomic mass is 10.2. The second-order valence-corrected chi connectivity index (χ2v) is 3.06. The van der Waals surface area contributed by atoms with Crippen molar-refractivity contribution in [2.24, 2.45) is 0 Å². The van der Waals surface area contributed by atoms with Crippen LogP contribution in [0.3, 0.4) is 0 Å². The highest BCUT2D eigenvalue weighted by Crippen LogP contribution is 2.21. The van der Waals surface area contributed by atoms with Gasteiger partial charge in [-0.3, -0.25) is 0 Å². The predicted molar refractivity (Wildman–Crippen MR) is 50.6 cm³/mol. The highest BCUT2D eigenvalue weighted by molar-refractivity contribution is 9.09. The molecule has 11 heavy (non-hydrogen) atoms. The number of rotatable bonds is 2. The van der Waals surface area contributed by atoms with Gasteiger partial charge in [-0.05, 0) is 46.6 Å². The summed E-state index contributed by atoms with van der Waals surface area (Å²) in [5.41, 5.74) is 1.56. The third-order valence-electron chi connectivity index (χ3n) is 1.35. The Kier molecular flexibility index (Phi) is 3.21. The van der Waals surface area contributed by atoms with Crippen molar-refractivity contribution < 1.29 is 4.74 Å². The van der Waals surface area contributed by atoms with Crippen molar-refractivity contribution in [3.63, 3.8) is 0 Å². The summed E-state index contributed by atoms with van der Waals surface area (Å²) < 4.78 is 5.25. The number of aryl methyl sites for hydroxylation is 1. The van der Waals surface area contributed by atoms with Gasteiger partial charge in [0.15, 0.2) is 0 Å². The Balaban J connectivity index is 2.90. The molecule has 0 aromatic heterocycles. The molecule has 0 spiro atoms. The average molecular weight is 236 g/mol. The van der Waals surface area contributed by atoms with Crippen molar-refractivity contribution in [1.29, 1.82) is 0 Å². The van der Waals surface area contributed by atoms with E-state index in [4.69, 9.17) is 16.3 Å². The summed E-state index contributed by atoms with van der Waals surface area (Å²) in [6, 6.07) is 5.55. The van der Waals surface area contributed by atoms with E-state index >= 15 is 0 Å². The monoisotopic (exact) mass is 234 g/mol. The van der Waals surface area contributed by atoms with Crippen molar-refractivity contribution in [3.8, 4) is 5.75 Å². The Bertz CT molecular complexity index is 250. The quantitative estimate of drug-likeness (QED) is 0.714. The summed E-state index contributed by atoms with van der Waals surface area (Å²) in [7, 11) is 0. The van der Waals surface area contributed by atoms with Crippen LogP contribution in [0.25, 0.3) is 0 Å². The number of halogens is 2. The summed E-state index contributed by atoms with van der Waals surface area (Å²) in [6.07, 6.45) is 0. The van der Waals surface area contributed by atoms with E-state index in [1.165, 1.54) is 0 Å². The lowest BCUT2D eigenvalue weighted by molar-refractivity contribution is 0.395. The van der Waals surface area contributed by atoms with Gasteiger partial charge in [-0.1, -0.05) is 11.6 Å². The molecule has 0 saturated carbocycles. The van der Waals surface area contributed by atoms with Gasteiger partial charge in [0.25, 0.3) is 0 Å². The van der Waals surface area contributed by atoms with E-state index in [-0.39, 0.29) is 0 Å². The number of benzene rings is 1. The molecule has 3 heteroatoms. The number of hydrogen-bond acceptors (Lipinski definition) is 1. The summed E-state index contributed by atoms with van der Waals surface area (Å²) in [4.78, 5) is 0. The molecule has 0 atom stereocenters. The average Bonchev–Trinajstić information content (AvgIpc) is 1.95. The fourth-order valence-corrected chi connectivity index (χ4v) is 1.31. The van der Waals surface area contributed by atoms with Gasteiger partial charge >= 0.3 is 0 Å². The van der Waals surface area contributed by atoms with Crippen molar-refractivity contribution in [2.75, 3.05) is 5.52 Å². The van der Waals surface area contributed by atoms with Crippen LogP contribution in [0.4, 0.5) is 0 Å². The Morgan fingerprint density at radius 2 is 2.27 bits per heavy atom. The van der Waals surface area contributed by atoms with Crippen molar-refractivity contribution >= 4 is 27.5 Å². The van der Waals surface area contributed by atoms with Gasteiger partial charge in [0.1, 0.15) is 11.3 Å². The summed E-state index contributed by atoms with van der Waals surface area (Å²) in [5, 5.41) is 0.740. The van der Waals surface area contributed by atoms with E-state index in [9.17, 15) is 0 Å². The van der Waals surface area contributed by atoms with Crippen LogP contribution in [0.15, 0.2) is 18.2 Å². The van der Waals surface area contributed by atoms with Crippen molar-refractivity contribution in [2.45, 2.75) is 6.92 Å². The lowest BCUT2D eigenvalue weighted by Crippen LogP contribution is -1.90. The zero-order valence-corrected chi connectivity index (χ0v) is 8.45. The Morgan fingerprint density at radius 3 is 2.82 bits per heavy atom. The molecular formula is C8H8BrClO. The minimum atomic E-state index is 0.509. The number of hydrogen-bond donors (Lipinski definition) is 0. The van der Waals surface area contributed by atoms with Gasteiger partial charge in [0.2, 0.25) is 0 Å². The van der Waals surface area contributed by atoms with Gasteiger partial charge in [0.05, 0.1) is 0 Å². The van der Waals surface area contributed by atoms with E-state index in [0.29, 0.717) is 5.52 Å². The maximum Gasteiger partial charge on any atom is 0.143 e. The van der Waals surface area contributed by atoms with E-state index < -0.39 is 0 Å². The highest BCUT2D eigenvalue weighted by Gasteiger charge is 1.97. The standard InChI is InChI=1S/C8H8BrClO/c1-6-4-7(10)2-3-8(6)11-5-9/h2-4H,5H2,1H3. The zero-order valence-electron chi connectivity index (χ0n) is 6.10. The Morgan fingerprint density at radius 1 is 1.55 bits per heavy atom. The van der Waals surface area contributed by atoms with Crippen LogP contribution in [-0.2, 0) is 0 Å². The molecule has 0 heterocycles. The zero-order chi connectivity index (χ0) is 8.27. The smallest absolute Gasteiger partial charge is 0.143 e. The minimum absolute atomic E-state index is 0.509. The molecule has 60 valence electrons. The minimum Gasteiger partial charge on any atom is -0.482 e. The first-order valence-corrected chi connectivity index (χ1v) is 4.69. The first-order valence-electron chi connectivity index (χ1n) is 3.19. The van der Waals surface area contributed by atoms with Crippen molar-refractivity contribution in [1.82, 2.24) is 0 Å². The third-order valence-corrected chi connectivity index (χ3v) is 1.81. The van der Waals surface area contributed by atoms with Gasteiger partial charge in [0, 0.05) is 5.02 Å². The van der Waals surface area contributed by atoms with E-state index in [1.807, 2.05) is 25.1 Å². The van der Waals surface area contributed by atoms with Crippen LogP contribution in [0.1, 0.15) is 5.56 Å².